The van der Waals surface area contributed by atoms with Gasteiger partial charge in [-0.25, -0.2) is 8.42 Å². The van der Waals surface area contributed by atoms with E-state index in [2.05, 4.69) is 10.6 Å². The van der Waals surface area contributed by atoms with Crippen LogP contribution in [0.15, 0.2) is 101 Å². The second-order valence-corrected chi connectivity index (χ2v) is 10.4. The Morgan fingerprint density at radius 1 is 0.838 bits per heavy atom. The minimum Gasteiger partial charge on any atom is -0.467 e. The van der Waals surface area contributed by atoms with Gasteiger partial charge in [-0.1, -0.05) is 47.5 Å². The van der Waals surface area contributed by atoms with E-state index in [1.807, 2.05) is 13.8 Å². The van der Waals surface area contributed by atoms with Crippen LogP contribution in [0, 0.1) is 13.8 Å². The second-order valence-electron chi connectivity index (χ2n) is 8.52. The van der Waals surface area contributed by atoms with Gasteiger partial charge in [0.2, 0.25) is 5.91 Å². The summed E-state index contributed by atoms with van der Waals surface area (Å²) in [6.07, 6.45) is 1.51. The Balaban J connectivity index is 1.57. The van der Waals surface area contributed by atoms with E-state index >= 15 is 0 Å². The summed E-state index contributed by atoms with van der Waals surface area (Å²) in [7, 11) is -4.05. The van der Waals surface area contributed by atoms with Crippen LogP contribution in [-0.2, 0) is 21.4 Å². The molecule has 0 unspecified atom stereocenters. The fraction of sp³-hybridized carbons (Fsp3) is 0.143. The lowest BCUT2D eigenvalue weighted by atomic mass is 10.1. The van der Waals surface area contributed by atoms with Crippen molar-refractivity contribution in [2.24, 2.45) is 0 Å². The van der Waals surface area contributed by atoms with Gasteiger partial charge in [0.15, 0.2) is 0 Å². The molecule has 0 bridgehead atoms. The van der Waals surface area contributed by atoms with E-state index < -0.39 is 28.4 Å². The van der Waals surface area contributed by atoms with Crippen molar-refractivity contribution in [1.29, 1.82) is 0 Å². The molecule has 0 atom stereocenters. The highest BCUT2D eigenvalue weighted by Crippen LogP contribution is 2.25. The summed E-state index contributed by atoms with van der Waals surface area (Å²) in [6, 6.07) is 23.3. The first-order chi connectivity index (χ1) is 17.7. The lowest BCUT2D eigenvalue weighted by Crippen LogP contribution is -2.38. The Morgan fingerprint density at radius 3 is 2.14 bits per heavy atom. The molecule has 3 aromatic carbocycles. The number of benzene rings is 3. The Bertz CT molecular complexity index is 1480. The minimum atomic E-state index is -4.05. The van der Waals surface area contributed by atoms with E-state index in [0.29, 0.717) is 11.4 Å². The summed E-state index contributed by atoms with van der Waals surface area (Å²) >= 11 is 0. The first-order valence-corrected chi connectivity index (χ1v) is 13.0. The summed E-state index contributed by atoms with van der Waals surface area (Å²) in [5.74, 6) is -0.414. The third-order valence-electron chi connectivity index (χ3n) is 5.67. The minimum absolute atomic E-state index is 0.0733. The highest BCUT2D eigenvalue weighted by molar-refractivity contribution is 7.92. The SMILES string of the molecule is Cc1ccc(N(CC(=O)Nc2ccccc2C(=O)NCc2ccco2)S(=O)(=O)c2ccc(C)cc2)cc1. The quantitative estimate of drug-likeness (QED) is 0.336. The maximum absolute atomic E-state index is 13.6. The van der Waals surface area contributed by atoms with Gasteiger partial charge in [-0.05, 0) is 62.4 Å². The van der Waals surface area contributed by atoms with Crippen LogP contribution >= 0.6 is 0 Å². The summed E-state index contributed by atoms with van der Waals surface area (Å²) < 4.78 is 33.4. The van der Waals surface area contributed by atoms with Crippen molar-refractivity contribution in [3.63, 3.8) is 0 Å². The van der Waals surface area contributed by atoms with Crippen LogP contribution in [-0.4, -0.2) is 26.8 Å². The van der Waals surface area contributed by atoms with Crippen molar-refractivity contribution in [3.05, 3.63) is 114 Å². The molecule has 0 fully saturated rings. The van der Waals surface area contributed by atoms with Gasteiger partial charge in [0, 0.05) is 0 Å². The second kappa shape index (κ2) is 11.1. The van der Waals surface area contributed by atoms with Crippen LogP contribution in [0.5, 0.6) is 0 Å². The molecule has 4 aromatic rings. The maximum atomic E-state index is 13.6. The number of hydrogen-bond acceptors (Lipinski definition) is 5. The molecule has 0 saturated heterocycles. The van der Waals surface area contributed by atoms with Gasteiger partial charge in [0.25, 0.3) is 15.9 Å². The summed E-state index contributed by atoms with van der Waals surface area (Å²) in [6.45, 7) is 3.46. The first-order valence-electron chi connectivity index (χ1n) is 11.6. The molecule has 1 heterocycles. The van der Waals surface area contributed by atoms with Crippen molar-refractivity contribution in [2.75, 3.05) is 16.2 Å². The lowest BCUT2D eigenvalue weighted by Gasteiger charge is -2.24. The van der Waals surface area contributed by atoms with Gasteiger partial charge in [0.05, 0.1) is 34.6 Å². The number of para-hydroxylation sites is 1. The van der Waals surface area contributed by atoms with Crippen LogP contribution < -0.4 is 14.9 Å². The van der Waals surface area contributed by atoms with E-state index in [4.69, 9.17) is 4.42 Å². The van der Waals surface area contributed by atoms with Crippen molar-refractivity contribution in [3.8, 4) is 0 Å². The number of nitrogens with one attached hydrogen (secondary N) is 2. The maximum Gasteiger partial charge on any atom is 0.264 e. The van der Waals surface area contributed by atoms with Crippen LogP contribution in [0.2, 0.25) is 0 Å². The molecule has 0 aliphatic heterocycles. The first kappa shape index (κ1) is 25.7. The zero-order chi connectivity index (χ0) is 26.4. The molecule has 190 valence electrons. The average molecular weight is 518 g/mol. The molecule has 8 nitrogen and oxygen atoms in total. The molecule has 4 rings (SSSR count). The zero-order valence-electron chi connectivity index (χ0n) is 20.5. The molecule has 1 aromatic heterocycles. The zero-order valence-corrected chi connectivity index (χ0v) is 21.3. The number of rotatable bonds is 9. The van der Waals surface area contributed by atoms with Crippen LogP contribution in [0.1, 0.15) is 27.2 Å². The Hall–Kier alpha value is -4.37. The predicted octanol–water partition coefficient (Wildman–Crippen LogP) is 4.66. The molecule has 0 spiro atoms. The molecule has 0 aliphatic rings. The monoisotopic (exact) mass is 517 g/mol. The number of carbonyl (C=O) groups excluding carboxylic acids is 2. The van der Waals surface area contributed by atoms with Crippen molar-refractivity contribution < 1.29 is 22.4 Å². The van der Waals surface area contributed by atoms with Gasteiger partial charge in [-0.2, -0.15) is 0 Å². The van der Waals surface area contributed by atoms with E-state index in [-0.39, 0.29) is 22.7 Å². The van der Waals surface area contributed by atoms with E-state index in [1.165, 1.54) is 18.4 Å². The fourth-order valence-corrected chi connectivity index (χ4v) is 5.07. The van der Waals surface area contributed by atoms with Gasteiger partial charge < -0.3 is 15.1 Å². The number of sulfonamides is 1. The van der Waals surface area contributed by atoms with Gasteiger partial charge >= 0.3 is 0 Å². The fourth-order valence-electron chi connectivity index (χ4n) is 3.65. The number of furan rings is 1. The van der Waals surface area contributed by atoms with E-state index in [9.17, 15) is 18.0 Å². The van der Waals surface area contributed by atoms with E-state index in [0.717, 1.165) is 15.4 Å². The molecule has 0 aliphatic carbocycles. The molecule has 37 heavy (non-hydrogen) atoms. The van der Waals surface area contributed by atoms with Crippen molar-refractivity contribution >= 4 is 33.2 Å². The normalized spacial score (nSPS) is 11.1. The summed E-state index contributed by atoms with van der Waals surface area (Å²) in [5, 5.41) is 5.45. The summed E-state index contributed by atoms with van der Waals surface area (Å²) in [5.41, 5.74) is 2.73. The van der Waals surface area contributed by atoms with Gasteiger partial charge in [-0.3, -0.25) is 13.9 Å². The van der Waals surface area contributed by atoms with Crippen molar-refractivity contribution in [1.82, 2.24) is 5.32 Å². The number of nitrogens with zero attached hydrogens (tertiary/aromatic N) is 1. The molecular formula is C28H27N3O5S. The molecule has 0 saturated carbocycles. The third kappa shape index (κ3) is 6.25. The number of carbonyl (C=O) groups is 2. The van der Waals surface area contributed by atoms with Crippen LogP contribution in [0.3, 0.4) is 0 Å². The predicted molar refractivity (Wildman–Crippen MR) is 142 cm³/mol. The molecule has 9 heteroatoms. The molecule has 0 radical (unpaired) electrons. The number of amides is 2. The van der Waals surface area contributed by atoms with Crippen LogP contribution in [0.25, 0.3) is 0 Å². The van der Waals surface area contributed by atoms with Gasteiger partial charge in [-0.15, -0.1) is 0 Å². The Labute approximate surface area is 216 Å². The van der Waals surface area contributed by atoms with Crippen molar-refractivity contribution in [2.45, 2.75) is 25.3 Å². The molecule has 2 amide bonds. The Kier molecular flexibility index (Phi) is 7.74. The van der Waals surface area contributed by atoms with Crippen LogP contribution in [0.4, 0.5) is 11.4 Å². The van der Waals surface area contributed by atoms with E-state index in [1.54, 1.807) is 72.8 Å². The number of anilines is 2. The highest BCUT2D eigenvalue weighted by Gasteiger charge is 2.27. The number of hydrogen-bond donors (Lipinski definition) is 2. The Morgan fingerprint density at radius 2 is 1.49 bits per heavy atom. The topological polar surface area (TPSA) is 109 Å². The average Bonchev–Trinajstić information content (AvgIpc) is 3.41. The number of aryl methyl sites for hydroxylation is 2. The molecule has 2 N–H and O–H groups in total. The van der Waals surface area contributed by atoms with Gasteiger partial charge in [0.1, 0.15) is 12.3 Å². The third-order valence-corrected chi connectivity index (χ3v) is 7.46. The summed E-state index contributed by atoms with van der Waals surface area (Å²) in [4.78, 5) is 26.0. The highest BCUT2D eigenvalue weighted by atomic mass is 32.2. The smallest absolute Gasteiger partial charge is 0.264 e. The molecular weight excluding hydrogens is 490 g/mol. The largest absolute Gasteiger partial charge is 0.467 e. The lowest BCUT2D eigenvalue weighted by molar-refractivity contribution is -0.114. The standard InChI is InChI=1S/C28H27N3O5S/c1-20-9-13-22(14-10-20)31(37(34,35)24-15-11-21(2)12-16-24)19-27(32)30-26-8-4-3-7-25(26)28(33)29-18-23-6-5-17-36-23/h3-17H,18-19H2,1-2H3,(H,29,33)(H,30,32).